The lowest BCUT2D eigenvalue weighted by Gasteiger charge is -2.16. The second-order valence-corrected chi connectivity index (χ2v) is 5.63. The van der Waals surface area contributed by atoms with Crippen molar-refractivity contribution in [2.24, 2.45) is 5.92 Å². The summed E-state index contributed by atoms with van der Waals surface area (Å²) in [4.78, 5) is 0. The van der Waals surface area contributed by atoms with Crippen molar-refractivity contribution < 1.29 is 4.39 Å². The Labute approximate surface area is 108 Å². The van der Waals surface area contributed by atoms with Crippen molar-refractivity contribution >= 4 is 11.8 Å². The number of rotatable bonds is 8. The molecule has 0 aliphatic carbocycles. The first-order chi connectivity index (χ1) is 8.26. The van der Waals surface area contributed by atoms with E-state index in [-0.39, 0.29) is 5.82 Å². The number of nitrogens with one attached hydrogen (secondary N) is 1. The van der Waals surface area contributed by atoms with Crippen LogP contribution in [-0.2, 0) is 6.42 Å². The molecule has 1 aromatic carbocycles. The van der Waals surface area contributed by atoms with Crippen LogP contribution in [0.5, 0.6) is 0 Å². The number of hydrogen-bond donors (Lipinski definition) is 1. The van der Waals surface area contributed by atoms with Crippen LogP contribution in [0.15, 0.2) is 24.3 Å². The van der Waals surface area contributed by atoms with E-state index in [2.05, 4.69) is 12.2 Å². The summed E-state index contributed by atoms with van der Waals surface area (Å²) in [7, 11) is 1.99. The van der Waals surface area contributed by atoms with E-state index in [0.29, 0.717) is 5.92 Å². The van der Waals surface area contributed by atoms with Crippen LogP contribution >= 0.6 is 11.8 Å². The molecule has 1 nitrogen and oxygen atoms in total. The van der Waals surface area contributed by atoms with E-state index >= 15 is 0 Å². The van der Waals surface area contributed by atoms with Gasteiger partial charge in [-0.1, -0.05) is 19.1 Å². The number of hydrogen-bond acceptors (Lipinski definition) is 2. The molecule has 96 valence electrons. The molecule has 1 N–H and O–H groups in total. The fourth-order valence-corrected chi connectivity index (χ4v) is 2.70. The van der Waals surface area contributed by atoms with Gasteiger partial charge in [-0.2, -0.15) is 11.8 Å². The molecule has 0 aliphatic heterocycles. The molecule has 1 atom stereocenters. The highest BCUT2D eigenvalue weighted by molar-refractivity contribution is 7.99. The summed E-state index contributed by atoms with van der Waals surface area (Å²) in [6.45, 7) is 3.22. The summed E-state index contributed by atoms with van der Waals surface area (Å²) in [6, 6.07) is 6.88. The lowest BCUT2D eigenvalue weighted by Crippen LogP contribution is -2.21. The Bertz CT molecular complexity index is 300. The summed E-state index contributed by atoms with van der Waals surface area (Å²) in [6.07, 6.45) is 2.25. The summed E-state index contributed by atoms with van der Waals surface area (Å²) < 4.78 is 12.8. The lowest BCUT2D eigenvalue weighted by atomic mass is 9.97. The van der Waals surface area contributed by atoms with Gasteiger partial charge in [0.15, 0.2) is 0 Å². The normalized spacial score (nSPS) is 12.6. The lowest BCUT2D eigenvalue weighted by molar-refractivity contribution is 0.484. The van der Waals surface area contributed by atoms with Gasteiger partial charge >= 0.3 is 0 Å². The van der Waals surface area contributed by atoms with Gasteiger partial charge in [-0.15, -0.1) is 0 Å². The minimum Gasteiger partial charge on any atom is -0.319 e. The summed E-state index contributed by atoms with van der Waals surface area (Å²) in [5.74, 6) is 2.89. The SMILES string of the molecule is CCSCCC(CNC)Cc1ccc(F)cc1. The van der Waals surface area contributed by atoms with Crippen molar-refractivity contribution in [2.45, 2.75) is 19.8 Å². The molecular weight excluding hydrogens is 233 g/mol. The maximum absolute atomic E-state index is 12.8. The Morgan fingerprint density at radius 1 is 1.29 bits per heavy atom. The van der Waals surface area contributed by atoms with E-state index in [4.69, 9.17) is 0 Å². The quantitative estimate of drug-likeness (QED) is 0.715. The van der Waals surface area contributed by atoms with E-state index in [1.807, 2.05) is 30.9 Å². The molecule has 1 unspecified atom stereocenters. The van der Waals surface area contributed by atoms with Crippen LogP contribution in [0.4, 0.5) is 4.39 Å². The predicted octanol–water partition coefficient (Wildman–Crippen LogP) is 3.35. The van der Waals surface area contributed by atoms with Gasteiger partial charge in [-0.3, -0.25) is 0 Å². The largest absolute Gasteiger partial charge is 0.319 e. The van der Waals surface area contributed by atoms with E-state index in [1.54, 1.807) is 12.1 Å². The van der Waals surface area contributed by atoms with Crippen LogP contribution in [0.3, 0.4) is 0 Å². The minimum absolute atomic E-state index is 0.152. The maximum Gasteiger partial charge on any atom is 0.123 e. The first kappa shape index (κ1) is 14.5. The Balaban J connectivity index is 2.44. The van der Waals surface area contributed by atoms with E-state index in [0.717, 1.165) is 13.0 Å². The van der Waals surface area contributed by atoms with Crippen molar-refractivity contribution in [3.8, 4) is 0 Å². The third-order valence-electron chi connectivity index (χ3n) is 2.80. The van der Waals surface area contributed by atoms with Crippen LogP contribution in [-0.4, -0.2) is 25.1 Å². The smallest absolute Gasteiger partial charge is 0.123 e. The molecule has 0 aliphatic rings. The third-order valence-corrected chi connectivity index (χ3v) is 3.74. The number of halogens is 1. The van der Waals surface area contributed by atoms with Crippen molar-refractivity contribution in [3.63, 3.8) is 0 Å². The van der Waals surface area contributed by atoms with E-state index in [9.17, 15) is 4.39 Å². The summed E-state index contributed by atoms with van der Waals surface area (Å²) in [5.41, 5.74) is 1.23. The standard InChI is InChI=1S/C14H22FNS/c1-3-17-9-8-13(11-16-2)10-12-4-6-14(15)7-5-12/h4-7,13,16H,3,8-11H2,1-2H3. The molecular formula is C14H22FNS. The fourth-order valence-electron chi connectivity index (χ4n) is 1.91. The maximum atomic E-state index is 12.8. The highest BCUT2D eigenvalue weighted by Gasteiger charge is 2.08. The second-order valence-electron chi connectivity index (χ2n) is 4.24. The Kier molecular flexibility index (Phi) is 7.29. The second kappa shape index (κ2) is 8.54. The molecule has 1 rings (SSSR count). The highest BCUT2D eigenvalue weighted by Crippen LogP contribution is 2.15. The molecule has 0 radical (unpaired) electrons. The molecule has 0 bridgehead atoms. The van der Waals surface area contributed by atoms with Crippen LogP contribution in [0.25, 0.3) is 0 Å². The van der Waals surface area contributed by atoms with Crippen LogP contribution in [0, 0.1) is 11.7 Å². The molecule has 3 heteroatoms. The van der Waals surface area contributed by atoms with Gasteiger partial charge in [-0.05, 0) is 61.6 Å². The van der Waals surface area contributed by atoms with Gasteiger partial charge in [0, 0.05) is 0 Å². The van der Waals surface area contributed by atoms with E-state index < -0.39 is 0 Å². The molecule has 1 aromatic rings. The molecule has 0 fully saturated rings. The van der Waals surface area contributed by atoms with Gasteiger partial charge in [0.1, 0.15) is 5.82 Å². The van der Waals surface area contributed by atoms with Crippen LogP contribution < -0.4 is 5.32 Å². The monoisotopic (exact) mass is 255 g/mol. The van der Waals surface area contributed by atoms with Crippen molar-refractivity contribution in [2.75, 3.05) is 25.1 Å². The molecule has 0 heterocycles. The zero-order chi connectivity index (χ0) is 12.5. The van der Waals surface area contributed by atoms with Crippen LogP contribution in [0.1, 0.15) is 18.9 Å². The van der Waals surface area contributed by atoms with Crippen molar-refractivity contribution in [1.29, 1.82) is 0 Å². The average Bonchev–Trinajstić information content (AvgIpc) is 2.32. The zero-order valence-electron chi connectivity index (χ0n) is 10.7. The molecule has 17 heavy (non-hydrogen) atoms. The van der Waals surface area contributed by atoms with Gasteiger partial charge in [0.05, 0.1) is 0 Å². The van der Waals surface area contributed by atoms with Gasteiger partial charge in [0.25, 0.3) is 0 Å². The molecule has 0 saturated carbocycles. The van der Waals surface area contributed by atoms with Gasteiger partial charge < -0.3 is 5.32 Å². The summed E-state index contributed by atoms with van der Waals surface area (Å²) in [5, 5.41) is 3.24. The van der Waals surface area contributed by atoms with Crippen LogP contribution in [0.2, 0.25) is 0 Å². The first-order valence-corrected chi connectivity index (χ1v) is 7.38. The van der Waals surface area contributed by atoms with E-state index in [1.165, 1.54) is 23.5 Å². The Morgan fingerprint density at radius 2 is 2.00 bits per heavy atom. The first-order valence-electron chi connectivity index (χ1n) is 6.23. The molecule has 0 amide bonds. The fraction of sp³-hybridized carbons (Fsp3) is 0.571. The van der Waals surface area contributed by atoms with Gasteiger partial charge in [0.2, 0.25) is 0 Å². The van der Waals surface area contributed by atoms with Crippen molar-refractivity contribution in [3.05, 3.63) is 35.6 Å². The third kappa shape index (κ3) is 6.08. The topological polar surface area (TPSA) is 12.0 Å². The predicted molar refractivity (Wildman–Crippen MR) is 75.1 cm³/mol. The molecule has 0 aromatic heterocycles. The molecule has 0 saturated heterocycles. The number of benzene rings is 1. The van der Waals surface area contributed by atoms with Crippen molar-refractivity contribution in [1.82, 2.24) is 5.32 Å². The number of thioether (sulfide) groups is 1. The average molecular weight is 255 g/mol. The highest BCUT2D eigenvalue weighted by atomic mass is 32.2. The Morgan fingerprint density at radius 3 is 2.59 bits per heavy atom. The van der Waals surface area contributed by atoms with Gasteiger partial charge in [-0.25, -0.2) is 4.39 Å². The zero-order valence-corrected chi connectivity index (χ0v) is 11.5. The minimum atomic E-state index is -0.152. The molecule has 0 spiro atoms. The summed E-state index contributed by atoms with van der Waals surface area (Å²) >= 11 is 1.99. The Hall–Kier alpha value is -0.540.